The van der Waals surface area contributed by atoms with E-state index in [1.165, 1.54) is 18.3 Å². The van der Waals surface area contributed by atoms with Gasteiger partial charge in [0.2, 0.25) is 5.91 Å². The maximum absolute atomic E-state index is 13.3. The molecule has 0 saturated heterocycles. The molecule has 5 nitrogen and oxygen atoms in total. The van der Waals surface area contributed by atoms with Gasteiger partial charge in [0, 0.05) is 40.7 Å². The number of thiazole rings is 1. The minimum absolute atomic E-state index is 0.127. The minimum Gasteiger partial charge on any atom is -0.332 e. The van der Waals surface area contributed by atoms with Crippen molar-refractivity contribution in [1.82, 2.24) is 10.3 Å². The molecule has 1 unspecified atom stereocenters. The largest absolute Gasteiger partial charge is 0.332 e. The van der Waals surface area contributed by atoms with Crippen LogP contribution in [0.15, 0.2) is 59.6 Å². The summed E-state index contributed by atoms with van der Waals surface area (Å²) in [6.45, 7) is 3.87. The number of nitrogens with zero attached hydrogens (tertiary/aromatic N) is 1. The Bertz CT molecular complexity index is 1150. The van der Waals surface area contributed by atoms with E-state index in [9.17, 15) is 14.0 Å². The highest BCUT2D eigenvalue weighted by Gasteiger charge is 2.29. The summed E-state index contributed by atoms with van der Waals surface area (Å²) in [5.74, 6) is -1.29. The number of carbonyl (C=O) groups excluding carboxylic acids is 2. The minimum atomic E-state index is -0.441. The smallest absolute Gasteiger partial charge is 0.253 e. The van der Waals surface area contributed by atoms with Crippen LogP contribution in [0.3, 0.4) is 0 Å². The molecular weight excluding hydrogens is 401 g/mol. The molecule has 0 bridgehead atoms. The van der Waals surface area contributed by atoms with Gasteiger partial charge in [-0.05, 0) is 43.2 Å². The van der Waals surface area contributed by atoms with Crippen LogP contribution < -0.4 is 10.6 Å². The zero-order valence-electron chi connectivity index (χ0n) is 16.5. The van der Waals surface area contributed by atoms with Crippen molar-refractivity contribution in [3.8, 4) is 11.3 Å². The first-order valence-electron chi connectivity index (χ1n) is 9.50. The van der Waals surface area contributed by atoms with Gasteiger partial charge >= 0.3 is 0 Å². The predicted octanol–water partition coefficient (Wildman–Crippen LogP) is 4.69. The van der Waals surface area contributed by atoms with E-state index >= 15 is 0 Å². The van der Waals surface area contributed by atoms with E-state index in [0.717, 1.165) is 27.4 Å². The molecule has 152 valence electrons. The topological polar surface area (TPSA) is 71.1 Å². The highest BCUT2D eigenvalue weighted by molar-refractivity contribution is 7.09. The van der Waals surface area contributed by atoms with Gasteiger partial charge in [0.05, 0.1) is 10.7 Å². The number of amides is 2. The second-order valence-electron chi connectivity index (χ2n) is 7.21. The van der Waals surface area contributed by atoms with Gasteiger partial charge in [0.25, 0.3) is 5.91 Å². The third-order valence-corrected chi connectivity index (χ3v) is 5.86. The molecule has 0 radical (unpaired) electrons. The Morgan fingerprint density at radius 3 is 2.67 bits per heavy atom. The van der Waals surface area contributed by atoms with Crippen LogP contribution in [-0.2, 0) is 9.59 Å². The van der Waals surface area contributed by atoms with Crippen LogP contribution in [0.4, 0.5) is 10.1 Å². The van der Waals surface area contributed by atoms with E-state index in [0.29, 0.717) is 11.3 Å². The van der Waals surface area contributed by atoms with Gasteiger partial charge in [-0.15, -0.1) is 11.3 Å². The normalized spacial score (nSPS) is 16.0. The summed E-state index contributed by atoms with van der Waals surface area (Å²) in [7, 11) is 0. The number of aryl methyl sites for hydroxylation is 2. The van der Waals surface area contributed by atoms with Crippen LogP contribution >= 0.6 is 11.3 Å². The van der Waals surface area contributed by atoms with E-state index < -0.39 is 5.92 Å². The summed E-state index contributed by atoms with van der Waals surface area (Å²) in [5, 5.41) is 8.54. The first kappa shape index (κ1) is 20.0. The van der Waals surface area contributed by atoms with Crippen molar-refractivity contribution >= 4 is 28.8 Å². The van der Waals surface area contributed by atoms with Gasteiger partial charge in [0.1, 0.15) is 5.82 Å². The van der Waals surface area contributed by atoms with Crippen LogP contribution in [0.5, 0.6) is 0 Å². The lowest BCUT2D eigenvalue weighted by molar-refractivity contribution is -0.121. The highest BCUT2D eigenvalue weighted by atomic mass is 32.1. The number of nitrogens with one attached hydrogen (secondary N) is 2. The second-order valence-corrected chi connectivity index (χ2v) is 8.27. The van der Waals surface area contributed by atoms with Gasteiger partial charge in [-0.25, -0.2) is 9.37 Å². The summed E-state index contributed by atoms with van der Waals surface area (Å²) < 4.78 is 13.3. The lowest BCUT2D eigenvalue weighted by Gasteiger charge is -2.24. The Hall–Kier alpha value is -3.32. The van der Waals surface area contributed by atoms with Gasteiger partial charge in [-0.2, -0.15) is 0 Å². The summed E-state index contributed by atoms with van der Waals surface area (Å²) in [4.78, 5) is 29.5. The SMILES string of the molecule is Cc1nc(-c2ccc(C)c(NC(=O)C3=CNC(=O)CC3c3ccc(F)cc3)c2)cs1. The molecule has 1 aliphatic heterocycles. The monoisotopic (exact) mass is 421 g/mol. The van der Waals surface area contributed by atoms with E-state index in [2.05, 4.69) is 15.6 Å². The number of hydrogen-bond acceptors (Lipinski definition) is 4. The van der Waals surface area contributed by atoms with Crippen molar-refractivity contribution in [1.29, 1.82) is 0 Å². The van der Waals surface area contributed by atoms with Crippen molar-refractivity contribution in [2.45, 2.75) is 26.2 Å². The van der Waals surface area contributed by atoms with E-state index in [4.69, 9.17) is 0 Å². The Kier molecular flexibility index (Phi) is 5.46. The summed E-state index contributed by atoms with van der Waals surface area (Å²) in [6, 6.07) is 11.7. The quantitative estimate of drug-likeness (QED) is 0.642. The van der Waals surface area contributed by atoms with Crippen molar-refractivity contribution in [3.05, 3.63) is 81.6 Å². The fraction of sp³-hybridized carbons (Fsp3) is 0.174. The van der Waals surface area contributed by atoms with E-state index in [1.807, 2.05) is 37.4 Å². The molecule has 0 saturated carbocycles. The molecule has 2 aromatic carbocycles. The number of benzene rings is 2. The first-order valence-corrected chi connectivity index (χ1v) is 10.4. The van der Waals surface area contributed by atoms with Crippen molar-refractivity contribution in [2.75, 3.05) is 5.32 Å². The molecule has 3 aromatic rings. The molecule has 2 heterocycles. The number of halogens is 1. The summed E-state index contributed by atoms with van der Waals surface area (Å²) in [6.07, 6.45) is 1.57. The molecular formula is C23H20FN3O2S. The van der Waals surface area contributed by atoms with Crippen LogP contribution in [0.1, 0.15) is 28.5 Å². The zero-order valence-corrected chi connectivity index (χ0v) is 17.3. The molecule has 0 spiro atoms. The van der Waals surface area contributed by atoms with Crippen LogP contribution in [0.25, 0.3) is 11.3 Å². The maximum atomic E-state index is 13.3. The molecule has 2 amide bonds. The van der Waals surface area contributed by atoms with E-state index in [-0.39, 0.29) is 24.1 Å². The summed E-state index contributed by atoms with van der Waals surface area (Å²) in [5.41, 5.74) is 4.52. The molecule has 4 rings (SSSR count). The van der Waals surface area contributed by atoms with Gasteiger partial charge in [-0.3, -0.25) is 9.59 Å². The number of rotatable bonds is 4. The fourth-order valence-corrected chi connectivity index (χ4v) is 4.06. The second kappa shape index (κ2) is 8.20. The lowest BCUT2D eigenvalue weighted by Crippen LogP contribution is -2.32. The van der Waals surface area contributed by atoms with Gasteiger partial charge < -0.3 is 10.6 Å². The molecule has 0 aliphatic carbocycles. The number of aromatic nitrogens is 1. The lowest BCUT2D eigenvalue weighted by atomic mass is 9.86. The van der Waals surface area contributed by atoms with Crippen molar-refractivity contribution < 1.29 is 14.0 Å². The number of carbonyl (C=O) groups is 2. The Balaban J connectivity index is 1.62. The molecule has 1 atom stereocenters. The Labute approximate surface area is 177 Å². The molecule has 7 heteroatoms. The third kappa shape index (κ3) is 4.16. The third-order valence-electron chi connectivity index (χ3n) is 5.09. The molecule has 30 heavy (non-hydrogen) atoms. The maximum Gasteiger partial charge on any atom is 0.253 e. The Morgan fingerprint density at radius 2 is 1.97 bits per heavy atom. The van der Waals surface area contributed by atoms with Crippen LogP contribution in [-0.4, -0.2) is 16.8 Å². The molecule has 1 aromatic heterocycles. The van der Waals surface area contributed by atoms with Crippen LogP contribution in [0, 0.1) is 19.7 Å². The number of hydrogen-bond donors (Lipinski definition) is 2. The predicted molar refractivity (Wildman–Crippen MR) is 116 cm³/mol. The fourth-order valence-electron chi connectivity index (χ4n) is 3.44. The average molecular weight is 421 g/mol. The average Bonchev–Trinajstić information content (AvgIpc) is 3.16. The standard InChI is InChI=1S/C23H20FN3O2S/c1-13-3-4-16(21-12-30-14(2)26-21)9-20(13)27-23(29)19-11-25-22(28)10-18(19)15-5-7-17(24)8-6-15/h3-9,11-12,18H,10H2,1-2H3,(H,25,28)(H,27,29). The molecule has 0 fully saturated rings. The van der Waals surface area contributed by atoms with Gasteiger partial charge in [0.15, 0.2) is 0 Å². The highest BCUT2D eigenvalue weighted by Crippen LogP contribution is 2.32. The van der Waals surface area contributed by atoms with E-state index in [1.54, 1.807) is 23.5 Å². The first-order chi connectivity index (χ1) is 14.4. The number of anilines is 1. The summed E-state index contributed by atoms with van der Waals surface area (Å²) >= 11 is 1.57. The zero-order chi connectivity index (χ0) is 21.3. The Morgan fingerprint density at radius 1 is 1.20 bits per heavy atom. The van der Waals surface area contributed by atoms with Crippen LogP contribution in [0.2, 0.25) is 0 Å². The van der Waals surface area contributed by atoms with Crippen molar-refractivity contribution in [2.24, 2.45) is 0 Å². The van der Waals surface area contributed by atoms with Crippen molar-refractivity contribution in [3.63, 3.8) is 0 Å². The molecule has 1 aliphatic rings. The van der Waals surface area contributed by atoms with Gasteiger partial charge in [-0.1, -0.05) is 24.3 Å². The molecule has 2 N–H and O–H groups in total.